The molecule has 172 valence electrons. The van der Waals surface area contributed by atoms with E-state index in [0.717, 1.165) is 38.4 Å². The number of carbonyl (C=O) groups is 1. The highest BCUT2D eigenvalue weighted by molar-refractivity contribution is 5.81. The molecule has 3 aromatic rings. The summed E-state index contributed by atoms with van der Waals surface area (Å²) in [6.45, 7) is 3.07. The van der Waals surface area contributed by atoms with Gasteiger partial charge in [-0.25, -0.2) is 4.98 Å². The van der Waals surface area contributed by atoms with E-state index in [4.69, 9.17) is 4.74 Å². The van der Waals surface area contributed by atoms with E-state index in [-0.39, 0.29) is 11.9 Å². The van der Waals surface area contributed by atoms with E-state index in [2.05, 4.69) is 73.3 Å². The molecule has 7 nitrogen and oxygen atoms in total. The molecule has 0 unspecified atom stereocenters. The van der Waals surface area contributed by atoms with Crippen molar-refractivity contribution in [2.45, 2.75) is 25.9 Å². The van der Waals surface area contributed by atoms with Crippen molar-refractivity contribution in [3.8, 4) is 11.1 Å². The number of nitrogens with zero attached hydrogens (tertiary/aromatic N) is 4. The fourth-order valence-electron chi connectivity index (χ4n) is 4.34. The molecule has 2 heterocycles. The number of rotatable bonds is 6. The molecular formula is C26H31N5O2. The Labute approximate surface area is 195 Å². The predicted octanol–water partition coefficient (Wildman–Crippen LogP) is 3.56. The summed E-state index contributed by atoms with van der Waals surface area (Å²) in [6, 6.07) is 17.1. The molecule has 0 aliphatic carbocycles. The standard InChI is InChI=1S/C26H31N5O2/c1-27-26(31-14-11-22(12-15-31)25(32)33-2)29-17-23-5-3-4-6-24(23)21-9-7-20(8-10-21)18-30-16-13-28-19-30/h3-10,13,16,19,22H,11-12,14-15,17-18H2,1-2H3,(H,27,29). The van der Waals surface area contributed by atoms with E-state index in [9.17, 15) is 4.79 Å². The second kappa shape index (κ2) is 10.8. The Balaban J connectivity index is 1.40. The van der Waals surface area contributed by atoms with Crippen LogP contribution >= 0.6 is 0 Å². The summed E-state index contributed by atoms with van der Waals surface area (Å²) in [5.41, 5.74) is 4.85. The molecule has 0 radical (unpaired) electrons. The third-order valence-electron chi connectivity index (χ3n) is 6.18. The third kappa shape index (κ3) is 5.61. The van der Waals surface area contributed by atoms with Crippen molar-refractivity contribution >= 4 is 11.9 Å². The van der Waals surface area contributed by atoms with Crippen LogP contribution < -0.4 is 5.32 Å². The Morgan fingerprint density at radius 2 is 1.91 bits per heavy atom. The summed E-state index contributed by atoms with van der Waals surface area (Å²) >= 11 is 0. The summed E-state index contributed by atoms with van der Waals surface area (Å²) in [5.74, 6) is 0.744. The number of hydrogen-bond acceptors (Lipinski definition) is 4. The van der Waals surface area contributed by atoms with Crippen LogP contribution in [-0.2, 0) is 22.6 Å². The molecule has 1 aliphatic rings. The number of benzene rings is 2. The van der Waals surface area contributed by atoms with Crippen LogP contribution in [0.1, 0.15) is 24.0 Å². The van der Waals surface area contributed by atoms with Crippen LogP contribution in [0, 0.1) is 5.92 Å². The highest BCUT2D eigenvalue weighted by Crippen LogP contribution is 2.25. The van der Waals surface area contributed by atoms with E-state index < -0.39 is 0 Å². The van der Waals surface area contributed by atoms with Crippen molar-refractivity contribution in [2.75, 3.05) is 27.2 Å². The smallest absolute Gasteiger partial charge is 0.308 e. The molecule has 0 bridgehead atoms. The first-order valence-electron chi connectivity index (χ1n) is 11.3. The van der Waals surface area contributed by atoms with Crippen molar-refractivity contribution in [1.29, 1.82) is 0 Å². The van der Waals surface area contributed by atoms with Gasteiger partial charge >= 0.3 is 5.97 Å². The first kappa shape index (κ1) is 22.6. The summed E-state index contributed by atoms with van der Waals surface area (Å²) in [4.78, 5) is 22.6. The van der Waals surface area contributed by atoms with Gasteiger partial charge in [-0.3, -0.25) is 9.79 Å². The minimum absolute atomic E-state index is 0.0122. The molecule has 1 N–H and O–H groups in total. The minimum atomic E-state index is -0.109. The molecule has 1 aromatic heterocycles. The van der Waals surface area contributed by atoms with Gasteiger partial charge in [0.25, 0.3) is 0 Å². The molecule has 0 atom stereocenters. The number of imidazole rings is 1. The Morgan fingerprint density at radius 3 is 2.58 bits per heavy atom. The molecule has 0 spiro atoms. The van der Waals surface area contributed by atoms with Crippen molar-refractivity contribution in [3.63, 3.8) is 0 Å². The van der Waals surface area contributed by atoms with Gasteiger partial charge in [-0.1, -0.05) is 48.5 Å². The number of aliphatic imine (C=N–C) groups is 1. The van der Waals surface area contributed by atoms with Crippen LogP contribution in [0.15, 0.2) is 72.2 Å². The van der Waals surface area contributed by atoms with Gasteiger partial charge in [0.2, 0.25) is 0 Å². The fourth-order valence-corrected chi connectivity index (χ4v) is 4.34. The van der Waals surface area contributed by atoms with Crippen LogP contribution in [0.5, 0.6) is 0 Å². The van der Waals surface area contributed by atoms with Crippen molar-refractivity contribution < 1.29 is 9.53 Å². The lowest BCUT2D eigenvalue weighted by molar-refractivity contribution is -0.146. The molecule has 33 heavy (non-hydrogen) atoms. The fraction of sp³-hybridized carbons (Fsp3) is 0.346. The first-order valence-corrected chi connectivity index (χ1v) is 11.3. The predicted molar refractivity (Wildman–Crippen MR) is 130 cm³/mol. The van der Waals surface area contributed by atoms with Gasteiger partial charge in [0.15, 0.2) is 5.96 Å². The second-order valence-electron chi connectivity index (χ2n) is 8.27. The van der Waals surface area contributed by atoms with Gasteiger partial charge in [0.05, 0.1) is 19.4 Å². The summed E-state index contributed by atoms with van der Waals surface area (Å²) in [7, 11) is 3.26. The van der Waals surface area contributed by atoms with Gasteiger partial charge in [0, 0.05) is 45.6 Å². The number of likely N-dealkylation sites (tertiary alicyclic amines) is 1. The van der Waals surface area contributed by atoms with Crippen molar-refractivity contribution in [2.24, 2.45) is 10.9 Å². The Bertz CT molecular complexity index is 1070. The Kier molecular flexibility index (Phi) is 7.40. The van der Waals surface area contributed by atoms with E-state index in [1.54, 1.807) is 13.2 Å². The van der Waals surface area contributed by atoms with Crippen LogP contribution in [0.25, 0.3) is 11.1 Å². The number of nitrogens with one attached hydrogen (secondary N) is 1. The number of piperidine rings is 1. The maximum atomic E-state index is 11.8. The van der Waals surface area contributed by atoms with E-state index in [1.807, 2.05) is 12.5 Å². The number of carbonyl (C=O) groups excluding carboxylic acids is 1. The summed E-state index contributed by atoms with van der Waals surface area (Å²) in [5, 5.41) is 3.51. The van der Waals surface area contributed by atoms with E-state index >= 15 is 0 Å². The summed E-state index contributed by atoms with van der Waals surface area (Å²) < 4.78 is 6.96. The largest absolute Gasteiger partial charge is 0.469 e. The topological polar surface area (TPSA) is 71.8 Å². The molecule has 0 amide bonds. The van der Waals surface area contributed by atoms with Gasteiger partial charge < -0.3 is 19.5 Å². The monoisotopic (exact) mass is 445 g/mol. The lowest BCUT2D eigenvalue weighted by Gasteiger charge is -2.33. The minimum Gasteiger partial charge on any atom is -0.469 e. The molecule has 4 rings (SSSR count). The third-order valence-corrected chi connectivity index (χ3v) is 6.18. The average Bonchev–Trinajstić information content (AvgIpc) is 3.38. The number of esters is 1. The Hall–Kier alpha value is -3.61. The van der Waals surface area contributed by atoms with Gasteiger partial charge in [-0.15, -0.1) is 0 Å². The number of methoxy groups -OCH3 is 1. The lowest BCUT2D eigenvalue weighted by atomic mass is 9.97. The Morgan fingerprint density at radius 1 is 1.15 bits per heavy atom. The van der Waals surface area contributed by atoms with Crippen LogP contribution in [0.4, 0.5) is 0 Å². The van der Waals surface area contributed by atoms with Gasteiger partial charge in [0.1, 0.15) is 0 Å². The molecular weight excluding hydrogens is 414 g/mol. The number of aromatic nitrogens is 2. The normalized spacial score (nSPS) is 14.8. The number of hydrogen-bond donors (Lipinski definition) is 1. The van der Waals surface area contributed by atoms with E-state index in [0.29, 0.717) is 6.54 Å². The molecule has 1 saturated heterocycles. The highest BCUT2D eigenvalue weighted by atomic mass is 16.5. The SMILES string of the molecule is CN=C(NCc1ccccc1-c1ccc(Cn2ccnc2)cc1)N1CCC(C(=O)OC)CC1. The van der Waals surface area contributed by atoms with Gasteiger partial charge in [-0.2, -0.15) is 0 Å². The molecule has 0 saturated carbocycles. The second-order valence-corrected chi connectivity index (χ2v) is 8.27. The first-order chi connectivity index (χ1) is 16.2. The maximum Gasteiger partial charge on any atom is 0.308 e. The van der Waals surface area contributed by atoms with Crippen LogP contribution in [0.2, 0.25) is 0 Å². The van der Waals surface area contributed by atoms with E-state index in [1.165, 1.54) is 29.4 Å². The zero-order valence-electron chi connectivity index (χ0n) is 19.3. The van der Waals surface area contributed by atoms with Crippen LogP contribution in [0.3, 0.4) is 0 Å². The zero-order chi connectivity index (χ0) is 23.0. The lowest BCUT2D eigenvalue weighted by Crippen LogP contribution is -2.46. The molecule has 2 aromatic carbocycles. The highest BCUT2D eigenvalue weighted by Gasteiger charge is 2.27. The molecule has 7 heteroatoms. The maximum absolute atomic E-state index is 11.8. The van der Waals surface area contributed by atoms with Crippen molar-refractivity contribution in [1.82, 2.24) is 19.8 Å². The quantitative estimate of drug-likeness (QED) is 0.357. The number of guanidine groups is 1. The van der Waals surface area contributed by atoms with Gasteiger partial charge in [-0.05, 0) is 35.1 Å². The molecule has 1 fully saturated rings. The molecule has 1 aliphatic heterocycles. The zero-order valence-corrected chi connectivity index (χ0v) is 19.3. The number of ether oxygens (including phenoxy) is 1. The average molecular weight is 446 g/mol. The van der Waals surface area contributed by atoms with Crippen molar-refractivity contribution in [3.05, 3.63) is 78.4 Å². The van der Waals surface area contributed by atoms with Crippen LogP contribution in [-0.4, -0.2) is 53.6 Å². The summed E-state index contributed by atoms with van der Waals surface area (Å²) in [6.07, 6.45) is 7.18.